The lowest BCUT2D eigenvalue weighted by Gasteiger charge is -2.29. The van der Waals surface area contributed by atoms with E-state index in [9.17, 15) is 4.79 Å². The predicted octanol–water partition coefficient (Wildman–Crippen LogP) is 3.57. The highest BCUT2D eigenvalue weighted by atomic mass is 16.5. The minimum absolute atomic E-state index is 0.0183. The Morgan fingerprint density at radius 3 is 2.62 bits per heavy atom. The average molecular weight is 320 g/mol. The van der Waals surface area contributed by atoms with Gasteiger partial charge in [0, 0.05) is 18.4 Å². The van der Waals surface area contributed by atoms with Crippen LogP contribution in [0.2, 0.25) is 0 Å². The van der Waals surface area contributed by atoms with Gasteiger partial charge in [-0.2, -0.15) is 5.10 Å². The fourth-order valence-electron chi connectivity index (χ4n) is 3.86. The zero-order chi connectivity index (χ0) is 16.7. The lowest BCUT2D eigenvalue weighted by molar-refractivity contribution is -0.131. The Hall–Kier alpha value is -2.62. The van der Waals surface area contributed by atoms with E-state index in [1.54, 1.807) is 19.0 Å². The molecule has 0 N–H and O–H groups in total. The second-order valence-corrected chi connectivity index (χ2v) is 6.37. The van der Waals surface area contributed by atoms with Gasteiger partial charge in [0.15, 0.2) is 0 Å². The number of nitrogens with zero attached hydrogens (tertiary/aromatic N) is 2. The molecule has 0 spiro atoms. The monoisotopic (exact) mass is 320 g/mol. The van der Waals surface area contributed by atoms with Crippen molar-refractivity contribution in [2.45, 2.75) is 25.8 Å². The number of carbonyl (C=O) groups is 1. The van der Waals surface area contributed by atoms with Crippen LogP contribution in [0.25, 0.3) is 0 Å². The molecule has 1 aliphatic heterocycles. The average Bonchev–Trinajstić information content (AvgIpc) is 3.02. The van der Waals surface area contributed by atoms with Gasteiger partial charge in [-0.25, -0.2) is 5.01 Å². The molecule has 1 amide bonds. The Morgan fingerprint density at radius 2 is 1.92 bits per heavy atom. The number of ether oxygens (including phenoxy) is 1. The van der Waals surface area contributed by atoms with E-state index < -0.39 is 0 Å². The van der Waals surface area contributed by atoms with Gasteiger partial charge in [0.25, 0.3) is 0 Å². The molecule has 4 nitrogen and oxygen atoms in total. The number of fused-ring (bicyclic) bond motifs is 3. The zero-order valence-corrected chi connectivity index (χ0v) is 13.9. The van der Waals surface area contributed by atoms with Gasteiger partial charge < -0.3 is 4.74 Å². The molecular formula is C20H20N2O2. The van der Waals surface area contributed by atoms with Crippen molar-refractivity contribution in [3.8, 4) is 5.75 Å². The highest BCUT2D eigenvalue weighted by molar-refractivity contribution is 6.06. The summed E-state index contributed by atoms with van der Waals surface area (Å²) < 4.78 is 5.25. The van der Waals surface area contributed by atoms with Crippen LogP contribution < -0.4 is 4.74 Å². The lowest BCUT2D eigenvalue weighted by atomic mass is 9.77. The molecule has 2 aliphatic rings. The van der Waals surface area contributed by atoms with E-state index in [0.29, 0.717) is 0 Å². The van der Waals surface area contributed by atoms with Crippen molar-refractivity contribution in [2.75, 3.05) is 7.11 Å². The summed E-state index contributed by atoms with van der Waals surface area (Å²) in [4.78, 5) is 12.2. The summed E-state index contributed by atoms with van der Waals surface area (Å²) >= 11 is 0. The molecule has 122 valence electrons. The number of hydrogen-bond acceptors (Lipinski definition) is 3. The molecule has 0 saturated carbocycles. The number of hydrazone groups is 1. The summed E-state index contributed by atoms with van der Waals surface area (Å²) in [6, 6.07) is 16.3. The minimum Gasteiger partial charge on any atom is -0.497 e. The van der Waals surface area contributed by atoms with Gasteiger partial charge in [-0.15, -0.1) is 0 Å². The van der Waals surface area contributed by atoms with Crippen molar-refractivity contribution >= 4 is 11.6 Å². The molecule has 0 fully saturated rings. The summed E-state index contributed by atoms with van der Waals surface area (Å²) in [5, 5.41) is 6.38. The topological polar surface area (TPSA) is 41.9 Å². The number of rotatable bonds is 2. The molecule has 0 radical (unpaired) electrons. The molecule has 0 aromatic heterocycles. The minimum atomic E-state index is -0.0308. The maximum Gasteiger partial charge on any atom is 0.240 e. The molecule has 0 saturated heterocycles. The zero-order valence-electron chi connectivity index (χ0n) is 13.9. The highest BCUT2D eigenvalue weighted by Crippen LogP contribution is 2.43. The normalized spacial score (nSPS) is 21.8. The Bertz CT molecular complexity index is 811. The number of aryl methyl sites for hydroxylation is 1. The molecule has 0 unspecified atom stereocenters. The number of benzene rings is 2. The number of amides is 1. The van der Waals surface area contributed by atoms with E-state index in [1.807, 2.05) is 30.3 Å². The van der Waals surface area contributed by atoms with Crippen LogP contribution in [0.1, 0.15) is 36.1 Å². The van der Waals surface area contributed by atoms with Crippen LogP contribution in [0.15, 0.2) is 53.6 Å². The largest absolute Gasteiger partial charge is 0.497 e. The summed E-state index contributed by atoms with van der Waals surface area (Å²) in [5.74, 6) is 1.05. The van der Waals surface area contributed by atoms with Crippen molar-refractivity contribution in [2.24, 2.45) is 11.0 Å². The Kier molecular flexibility index (Phi) is 3.60. The van der Waals surface area contributed by atoms with Crippen LogP contribution in [-0.2, 0) is 11.2 Å². The maximum atomic E-state index is 12.2. The lowest BCUT2D eigenvalue weighted by Crippen LogP contribution is -2.30. The number of carbonyl (C=O) groups excluding carboxylic acids is 1. The summed E-state index contributed by atoms with van der Waals surface area (Å²) in [6.07, 6.45) is 2.04. The van der Waals surface area contributed by atoms with Crippen LogP contribution in [0, 0.1) is 5.92 Å². The van der Waals surface area contributed by atoms with Crippen molar-refractivity contribution in [1.82, 2.24) is 5.01 Å². The Labute approximate surface area is 141 Å². The standard InChI is InChI=1S/C20H20N2O2/c1-13(23)22-20(15-7-10-16(24-2)11-8-15)18-12-9-14-5-3-4-6-17(14)19(18)21-22/h3-8,10-11,18,20H,9,12H2,1-2H3/t18-,20+/m1/s1. The molecule has 2 aromatic rings. The highest BCUT2D eigenvalue weighted by Gasteiger charge is 2.42. The molecule has 0 bridgehead atoms. The van der Waals surface area contributed by atoms with Crippen LogP contribution >= 0.6 is 0 Å². The van der Waals surface area contributed by atoms with E-state index in [4.69, 9.17) is 9.84 Å². The first kappa shape index (κ1) is 14.9. The van der Waals surface area contributed by atoms with Crippen molar-refractivity contribution in [3.63, 3.8) is 0 Å². The first-order valence-corrected chi connectivity index (χ1v) is 8.29. The summed E-state index contributed by atoms with van der Waals surface area (Å²) in [5.41, 5.74) is 4.67. The first-order chi connectivity index (χ1) is 11.7. The van der Waals surface area contributed by atoms with Gasteiger partial charge in [-0.1, -0.05) is 36.4 Å². The molecule has 2 atom stereocenters. The first-order valence-electron chi connectivity index (χ1n) is 8.29. The van der Waals surface area contributed by atoms with Gasteiger partial charge in [0.2, 0.25) is 5.91 Å². The Morgan fingerprint density at radius 1 is 1.17 bits per heavy atom. The Balaban J connectivity index is 1.77. The maximum absolute atomic E-state index is 12.2. The molecule has 24 heavy (non-hydrogen) atoms. The number of hydrogen-bond donors (Lipinski definition) is 0. The fraction of sp³-hybridized carbons (Fsp3) is 0.300. The van der Waals surface area contributed by atoms with Gasteiger partial charge >= 0.3 is 0 Å². The smallest absolute Gasteiger partial charge is 0.240 e. The van der Waals surface area contributed by atoms with Gasteiger partial charge in [0.1, 0.15) is 5.75 Å². The van der Waals surface area contributed by atoms with Gasteiger partial charge in [-0.05, 0) is 36.1 Å². The molecule has 2 aromatic carbocycles. The molecule has 4 rings (SSSR count). The van der Waals surface area contributed by atoms with Crippen LogP contribution in [0.3, 0.4) is 0 Å². The summed E-state index contributed by atoms with van der Waals surface area (Å²) in [6.45, 7) is 1.59. The summed E-state index contributed by atoms with van der Waals surface area (Å²) in [7, 11) is 1.66. The fourth-order valence-corrected chi connectivity index (χ4v) is 3.86. The van der Waals surface area contributed by atoms with E-state index >= 15 is 0 Å². The van der Waals surface area contributed by atoms with E-state index in [1.165, 1.54) is 11.1 Å². The number of methoxy groups -OCH3 is 1. The molecule has 1 heterocycles. The SMILES string of the molecule is COc1ccc([C@H]2[C@@H]3CCc4ccccc4C3=NN2C(C)=O)cc1. The van der Waals surface area contributed by atoms with Crippen molar-refractivity contribution < 1.29 is 9.53 Å². The predicted molar refractivity (Wildman–Crippen MR) is 93.0 cm³/mol. The van der Waals surface area contributed by atoms with E-state index in [2.05, 4.69) is 18.2 Å². The second-order valence-electron chi connectivity index (χ2n) is 6.37. The van der Waals surface area contributed by atoms with Crippen molar-refractivity contribution in [3.05, 3.63) is 65.2 Å². The van der Waals surface area contributed by atoms with Crippen LogP contribution in [0.4, 0.5) is 0 Å². The molecular weight excluding hydrogens is 300 g/mol. The second kappa shape index (κ2) is 5.78. The van der Waals surface area contributed by atoms with Crippen LogP contribution in [0.5, 0.6) is 5.75 Å². The molecule has 4 heteroatoms. The van der Waals surface area contributed by atoms with E-state index in [-0.39, 0.29) is 17.9 Å². The third-order valence-corrected chi connectivity index (χ3v) is 5.01. The quantitative estimate of drug-likeness (QED) is 0.849. The van der Waals surface area contributed by atoms with Gasteiger partial charge in [0.05, 0.1) is 18.9 Å². The van der Waals surface area contributed by atoms with Crippen LogP contribution in [-0.4, -0.2) is 23.7 Å². The third kappa shape index (κ3) is 2.30. The van der Waals surface area contributed by atoms with E-state index in [0.717, 1.165) is 29.9 Å². The van der Waals surface area contributed by atoms with Crippen molar-refractivity contribution in [1.29, 1.82) is 0 Å². The van der Waals surface area contributed by atoms with Gasteiger partial charge in [-0.3, -0.25) is 4.79 Å². The molecule has 1 aliphatic carbocycles. The third-order valence-electron chi connectivity index (χ3n) is 5.01.